The molecule has 0 spiro atoms. The van der Waals surface area contributed by atoms with Gasteiger partial charge in [0.25, 0.3) is 0 Å². The van der Waals surface area contributed by atoms with Gasteiger partial charge < -0.3 is 11.1 Å². The summed E-state index contributed by atoms with van der Waals surface area (Å²) >= 11 is 0. The molecule has 4 nitrogen and oxygen atoms in total. The highest BCUT2D eigenvalue weighted by molar-refractivity contribution is 5.73. The van der Waals surface area contributed by atoms with Gasteiger partial charge in [0, 0.05) is 24.4 Å². The maximum atomic E-state index is 13.5. The van der Waals surface area contributed by atoms with E-state index >= 15 is 0 Å². The summed E-state index contributed by atoms with van der Waals surface area (Å²) in [4.78, 5) is 8.00. The van der Waals surface area contributed by atoms with E-state index in [0.29, 0.717) is 17.1 Å². The lowest BCUT2D eigenvalue weighted by Gasteiger charge is -2.07. The highest BCUT2D eigenvalue weighted by Gasteiger charge is 2.09. The number of nitrogens with one attached hydrogen (secondary N) is 1. The van der Waals surface area contributed by atoms with Crippen molar-refractivity contribution in [2.75, 3.05) is 18.1 Å². The van der Waals surface area contributed by atoms with Crippen molar-refractivity contribution in [2.24, 2.45) is 0 Å². The molecule has 0 saturated carbocycles. The van der Waals surface area contributed by atoms with Crippen molar-refractivity contribution in [3.8, 4) is 11.1 Å². The fourth-order valence-corrected chi connectivity index (χ4v) is 1.40. The van der Waals surface area contributed by atoms with Crippen molar-refractivity contribution >= 4 is 11.8 Å². The van der Waals surface area contributed by atoms with Gasteiger partial charge in [-0.25, -0.2) is 9.37 Å². The minimum atomic E-state index is -0.338. The van der Waals surface area contributed by atoms with E-state index in [-0.39, 0.29) is 11.6 Å². The summed E-state index contributed by atoms with van der Waals surface area (Å²) in [5, 5.41) is 2.77. The van der Waals surface area contributed by atoms with Gasteiger partial charge >= 0.3 is 0 Å². The molecule has 0 aliphatic carbocycles. The number of aromatic nitrogens is 2. The van der Waals surface area contributed by atoms with Crippen LogP contribution in [0, 0.1) is 5.82 Å². The van der Waals surface area contributed by atoms with Crippen LogP contribution in [0.5, 0.6) is 0 Å². The molecule has 0 atom stereocenters. The summed E-state index contributed by atoms with van der Waals surface area (Å²) in [6, 6.07) is 6.38. The minimum absolute atomic E-state index is 0.254. The Kier molecular flexibility index (Phi) is 2.68. The van der Waals surface area contributed by atoms with Crippen molar-refractivity contribution in [3.05, 3.63) is 36.3 Å². The van der Waals surface area contributed by atoms with Crippen molar-refractivity contribution < 1.29 is 4.39 Å². The van der Waals surface area contributed by atoms with Crippen LogP contribution >= 0.6 is 0 Å². The van der Waals surface area contributed by atoms with Crippen molar-refractivity contribution in [3.63, 3.8) is 0 Å². The molecule has 5 heteroatoms. The van der Waals surface area contributed by atoms with Crippen molar-refractivity contribution in [1.82, 2.24) is 9.97 Å². The fourth-order valence-electron chi connectivity index (χ4n) is 1.40. The molecule has 0 aliphatic rings. The third-order valence-corrected chi connectivity index (χ3v) is 2.21. The summed E-state index contributed by atoms with van der Waals surface area (Å²) < 4.78 is 13.5. The van der Waals surface area contributed by atoms with E-state index in [1.54, 1.807) is 25.2 Å². The number of benzene rings is 1. The Labute approximate surface area is 92.3 Å². The third-order valence-electron chi connectivity index (χ3n) is 2.21. The molecule has 16 heavy (non-hydrogen) atoms. The Morgan fingerprint density at radius 3 is 2.62 bits per heavy atom. The number of hydrogen-bond donors (Lipinski definition) is 2. The number of halogens is 1. The average molecular weight is 218 g/mol. The zero-order chi connectivity index (χ0) is 11.5. The highest BCUT2D eigenvalue weighted by atomic mass is 19.1. The number of hydrogen-bond acceptors (Lipinski definition) is 4. The predicted molar refractivity (Wildman–Crippen MR) is 61.4 cm³/mol. The van der Waals surface area contributed by atoms with Gasteiger partial charge in [0.1, 0.15) is 11.6 Å². The van der Waals surface area contributed by atoms with Crippen LogP contribution in [-0.4, -0.2) is 17.0 Å². The van der Waals surface area contributed by atoms with Crippen LogP contribution in [0.15, 0.2) is 30.5 Å². The van der Waals surface area contributed by atoms with Gasteiger partial charge in [-0.1, -0.05) is 18.2 Å². The van der Waals surface area contributed by atoms with Gasteiger partial charge in [-0.05, 0) is 6.07 Å². The van der Waals surface area contributed by atoms with E-state index in [1.165, 1.54) is 12.3 Å². The zero-order valence-electron chi connectivity index (χ0n) is 8.74. The molecule has 0 fully saturated rings. The monoisotopic (exact) mass is 218 g/mol. The van der Waals surface area contributed by atoms with Gasteiger partial charge in [0.15, 0.2) is 0 Å². The van der Waals surface area contributed by atoms with Crippen LogP contribution < -0.4 is 11.1 Å². The van der Waals surface area contributed by atoms with E-state index in [2.05, 4.69) is 15.3 Å². The largest absolute Gasteiger partial charge is 0.383 e. The molecule has 1 aromatic carbocycles. The van der Waals surface area contributed by atoms with Crippen LogP contribution in [-0.2, 0) is 0 Å². The Morgan fingerprint density at radius 2 is 2.00 bits per heavy atom. The second kappa shape index (κ2) is 4.14. The van der Waals surface area contributed by atoms with E-state index in [4.69, 9.17) is 5.73 Å². The summed E-state index contributed by atoms with van der Waals surface area (Å²) in [5.41, 5.74) is 6.64. The zero-order valence-corrected chi connectivity index (χ0v) is 8.74. The molecule has 1 heterocycles. The van der Waals surface area contributed by atoms with Crippen LogP contribution in [0.2, 0.25) is 0 Å². The molecule has 0 aliphatic heterocycles. The van der Waals surface area contributed by atoms with Gasteiger partial charge in [-0.15, -0.1) is 0 Å². The molecule has 1 aromatic heterocycles. The molecular formula is C11H11FN4. The number of rotatable bonds is 2. The third kappa shape index (κ3) is 1.79. The van der Waals surface area contributed by atoms with Crippen molar-refractivity contribution in [2.45, 2.75) is 0 Å². The van der Waals surface area contributed by atoms with Crippen molar-refractivity contribution in [1.29, 1.82) is 0 Å². The predicted octanol–water partition coefficient (Wildman–Crippen LogP) is 1.91. The number of nitrogens with two attached hydrogens (primary N) is 1. The SMILES string of the molecule is CNc1ncc(-c2ccccc2F)c(N)n1. The first-order valence-electron chi connectivity index (χ1n) is 4.77. The second-order valence-electron chi connectivity index (χ2n) is 3.22. The molecule has 3 N–H and O–H groups in total. The molecule has 0 amide bonds. The molecule has 0 bridgehead atoms. The molecule has 2 rings (SSSR count). The summed E-state index contributed by atoms with van der Waals surface area (Å²) in [6.45, 7) is 0. The van der Waals surface area contributed by atoms with E-state index in [1.807, 2.05) is 0 Å². The normalized spacial score (nSPS) is 10.1. The van der Waals surface area contributed by atoms with E-state index in [0.717, 1.165) is 0 Å². The number of anilines is 2. The summed E-state index contributed by atoms with van der Waals surface area (Å²) in [5.74, 6) is 0.331. The first-order valence-corrected chi connectivity index (χ1v) is 4.77. The molecular weight excluding hydrogens is 207 g/mol. The first kappa shape index (κ1) is 10.4. The quantitative estimate of drug-likeness (QED) is 0.808. The van der Waals surface area contributed by atoms with Crippen LogP contribution in [0.1, 0.15) is 0 Å². The van der Waals surface area contributed by atoms with Crippen LogP contribution in [0.25, 0.3) is 11.1 Å². The van der Waals surface area contributed by atoms with Crippen LogP contribution in [0.3, 0.4) is 0 Å². The number of nitrogen functional groups attached to an aromatic ring is 1. The maximum absolute atomic E-state index is 13.5. The summed E-state index contributed by atoms with van der Waals surface area (Å²) in [6.07, 6.45) is 1.51. The lowest BCUT2D eigenvalue weighted by Crippen LogP contribution is -2.02. The molecule has 0 unspecified atom stereocenters. The molecule has 2 aromatic rings. The minimum Gasteiger partial charge on any atom is -0.383 e. The second-order valence-corrected chi connectivity index (χ2v) is 3.22. The Bertz CT molecular complexity index is 513. The van der Waals surface area contributed by atoms with Gasteiger partial charge in [-0.2, -0.15) is 4.98 Å². The smallest absolute Gasteiger partial charge is 0.224 e. The topological polar surface area (TPSA) is 63.8 Å². The van der Waals surface area contributed by atoms with E-state index < -0.39 is 0 Å². The van der Waals surface area contributed by atoms with E-state index in [9.17, 15) is 4.39 Å². The Morgan fingerprint density at radius 1 is 1.25 bits per heavy atom. The molecule has 82 valence electrons. The number of nitrogens with zero attached hydrogens (tertiary/aromatic N) is 2. The molecule has 0 radical (unpaired) electrons. The first-order chi connectivity index (χ1) is 7.72. The lowest BCUT2D eigenvalue weighted by molar-refractivity contribution is 0.631. The molecule has 0 saturated heterocycles. The Balaban J connectivity index is 2.53. The summed E-state index contributed by atoms with van der Waals surface area (Å²) in [7, 11) is 1.69. The standard InChI is InChI=1S/C11H11FN4/c1-14-11-15-6-8(10(13)16-11)7-4-2-3-5-9(7)12/h2-6H,1H3,(H3,13,14,15,16). The maximum Gasteiger partial charge on any atom is 0.224 e. The average Bonchev–Trinajstić information content (AvgIpc) is 2.30. The van der Waals surface area contributed by atoms with Crippen LogP contribution in [0.4, 0.5) is 16.2 Å². The lowest BCUT2D eigenvalue weighted by atomic mass is 10.1. The van der Waals surface area contributed by atoms with Gasteiger partial charge in [0.2, 0.25) is 5.95 Å². The highest BCUT2D eigenvalue weighted by Crippen LogP contribution is 2.26. The fraction of sp³-hybridized carbons (Fsp3) is 0.0909. The van der Waals surface area contributed by atoms with Gasteiger partial charge in [0.05, 0.1) is 0 Å². The Hall–Kier alpha value is -2.17. The van der Waals surface area contributed by atoms with Gasteiger partial charge in [-0.3, -0.25) is 0 Å².